The van der Waals surface area contributed by atoms with Crippen LogP contribution in [0.25, 0.3) is 0 Å². The van der Waals surface area contributed by atoms with Crippen molar-refractivity contribution in [3.63, 3.8) is 0 Å². The molecule has 1 aliphatic rings. The van der Waals surface area contributed by atoms with Gasteiger partial charge in [0.05, 0.1) is 13.0 Å². The van der Waals surface area contributed by atoms with Crippen molar-refractivity contribution in [3.8, 4) is 5.75 Å². The van der Waals surface area contributed by atoms with E-state index in [9.17, 15) is 9.18 Å². The van der Waals surface area contributed by atoms with Crippen molar-refractivity contribution < 1.29 is 13.9 Å². The first-order chi connectivity index (χ1) is 13.1. The topological polar surface area (TPSA) is 32.8 Å². The molecule has 3 rings (SSSR count). The van der Waals surface area contributed by atoms with Gasteiger partial charge in [0.15, 0.2) is 0 Å². The van der Waals surface area contributed by atoms with Gasteiger partial charge in [-0.05, 0) is 48.7 Å². The van der Waals surface area contributed by atoms with Crippen LogP contribution in [-0.4, -0.2) is 55.0 Å². The molecule has 0 radical (unpaired) electrons. The molecule has 0 aliphatic carbocycles. The van der Waals surface area contributed by atoms with Gasteiger partial charge in [0.1, 0.15) is 11.6 Å². The molecule has 1 amide bonds. The summed E-state index contributed by atoms with van der Waals surface area (Å²) in [6.45, 7) is 6.83. The molecule has 0 saturated carbocycles. The second kappa shape index (κ2) is 9.51. The van der Waals surface area contributed by atoms with Crippen molar-refractivity contribution in [2.75, 3.05) is 39.3 Å². The lowest BCUT2D eigenvalue weighted by molar-refractivity contribution is -0.132. The van der Waals surface area contributed by atoms with Gasteiger partial charge in [0.2, 0.25) is 5.91 Å². The van der Waals surface area contributed by atoms with Crippen molar-refractivity contribution in [1.82, 2.24) is 9.80 Å². The molecule has 0 bridgehead atoms. The number of hydrogen-bond donors (Lipinski definition) is 0. The summed E-state index contributed by atoms with van der Waals surface area (Å²) in [5, 5.41) is 0. The van der Waals surface area contributed by atoms with E-state index < -0.39 is 0 Å². The SMILES string of the molecule is CCOc1ccc(CC(=O)N2CCN(CCc3ccc(F)cc3)CC2)cc1. The van der Waals surface area contributed by atoms with E-state index in [1.807, 2.05) is 48.2 Å². The predicted molar refractivity (Wildman–Crippen MR) is 104 cm³/mol. The number of nitrogens with zero attached hydrogens (tertiary/aromatic N) is 2. The molecule has 0 spiro atoms. The highest BCUT2D eigenvalue weighted by molar-refractivity contribution is 5.79. The van der Waals surface area contributed by atoms with Gasteiger partial charge >= 0.3 is 0 Å². The standard InChI is InChI=1S/C22H27FN2O2/c1-2-27-21-9-5-19(6-10-21)17-22(26)25-15-13-24(14-16-25)12-11-18-3-7-20(23)8-4-18/h3-10H,2,11-17H2,1H3. The molecule has 2 aromatic carbocycles. The Kier molecular flexibility index (Phi) is 6.82. The third-order valence-electron chi connectivity index (χ3n) is 4.94. The number of rotatable bonds is 7. The maximum Gasteiger partial charge on any atom is 0.227 e. The molecule has 2 aromatic rings. The lowest BCUT2D eigenvalue weighted by Gasteiger charge is -2.34. The van der Waals surface area contributed by atoms with Crippen molar-refractivity contribution >= 4 is 5.91 Å². The van der Waals surface area contributed by atoms with E-state index in [0.717, 1.165) is 56.0 Å². The molecule has 27 heavy (non-hydrogen) atoms. The van der Waals surface area contributed by atoms with E-state index in [2.05, 4.69) is 4.90 Å². The predicted octanol–water partition coefficient (Wildman–Crippen LogP) is 3.15. The van der Waals surface area contributed by atoms with Crippen LogP contribution in [0.5, 0.6) is 5.75 Å². The summed E-state index contributed by atoms with van der Waals surface area (Å²) in [6.07, 6.45) is 1.34. The molecule has 0 atom stereocenters. The van der Waals surface area contributed by atoms with Crippen LogP contribution < -0.4 is 4.74 Å². The first kappa shape index (κ1) is 19.4. The summed E-state index contributed by atoms with van der Waals surface area (Å²) in [5.74, 6) is 0.819. The number of carbonyl (C=O) groups is 1. The third kappa shape index (κ3) is 5.79. The molecule has 4 nitrogen and oxygen atoms in total. The summed E-state index contributed by atoms with van der Waals surface area (Å²) in [6, 6.07) is 14.4. The van der Waals surface area contributed by atoms with Crippen molar-refractivity contribution in [2.24, 2.45) is 0 Å². The Morgan fingerprint density at radius 3 is 2.22 bits per heavy atom. The lowest BCUT2D eigenvalue weighted by Crippen LogP contribution is -2.49. The zero-order valence-electron chi connectivity index (χ0n) is 15.9. The van der Waals surface area contributed by atoms with Gasteiger partial charge in [0, 0.05) is 32.7 Å². The molecule has 0 N–H and O–H groups in total. The van der Waals surface area contributed by atoms with Crippen LogP contribution in [0.3, 0.4) is 0 Å². The second-order valence-corrected chi connectivity index (χ2v) is 6.85. The molecule has 5 heteroatoms. The minimum absolute atomic E-state index is 0.178. The van der Waals surface area contributed by atoms with Crippen LogP contribution in [0.15, 0.2) is 48.5 Å². The highest BCUT2D eigenvalue weighted by atomic mass is 19.1. The van der Waals surface area contributed by atoms with E-state index in [0.29, 0.717) is 13.0 Å². The Labute approximate surface area is 160 Å². The van der Waals surface area contributed by atoms with Crippen LogP contribution in [-0.2, 0) is 17.6 Å². The first-order valence-corrected chi connectivity index (χ1v) is 9.60. The molecule has 1 heterocycles. The monoisotopic (exact) mass is 370 g/mol. The van der Waals surface area contributed by atoms with E-state index in [1.54, 1.807) is 0 Å². The van der Waals surface area contributed by atoms with Crippen molar-refractivity contribution in [1.29, 1.82) is 0 Å². The van der Waals surface area contributed by atoms with Crippen LogP contribution in [0.2, 0.25) is 0 Å². The minimum atomic E-state index is -0.196. The van der Waals surface area contributed by atoms with Crippen molar-refractivity contribution in [3.05, 3.63) is 65.5 Å². The number of hydrogen-bond acceptors (Lipinski definition) is 3. The molecular formula is C22H27FN2O2. The summed E-state index contributed by atoms with van der Waals surface area (Å²) in [4.78, 5) is 16.9. The van der Waals surface area contributed by atoms with Gasteiger partial charge in [-0.1, -0.05) is 24.3 Å². The zero-order chi connectivity index (χ0) is 19.1. The minimum Gasteiger partial charge on any atom is -0.494 e. The van der Waals surface area contributed by atoms with Gasteiger partial charge in [-0.15, -0.1) is 0 Å². The lowest BCUT2D eigenvalue weighted by atomic mass is 10.1. The Morgan fingerprint density at radius 2 is 1.59 bits per heavy atom. The molecule has 0 aromatic heterocycles. The number of benzene rings is 2. The number of carbonyl (C=O) groups excluding carboxylic acids is 1. The van der Waals surface area contributed by atoms with Gasteiger partial charge in [-0.2, -0.15) is 0 Å². The van der Waals surface area contributed by atoms with Gasteiger partial charge in [-0.3, -0.25) is 9.69 Å². The molecular weight excluding hydrogens is 343 g/mol. The average molecular weight is 370 g/mol. The highest BCUT2D eigenvalue weighted by Gasteiger charge is 2.20. The quantitative estimate of drug-likeness (QED) is 0.751. The Hall–Kier alpha value is -2.40. The molecule has 1 aliphatic heterocycles. The van der Waals surface area contributed by atoms with Crippen LogP contribution >= 0.6 is 0 Å². The Bertz CT molecular complexity index is 723. The fourth-order valence-corrected chi connectivity index (χ4v) is 3.32. The van der Waals surface area contributed by atoms with Gasteiger partial charge < -0.3 is 9.64 Å². The summed E-state index contributed by atoms with van der Waals surface area (Å²) in [7, 11) is 0. The first-order valence-electron chi connectivity index (χ1n) is 9.60. The average Bonchev–Trinajstić information content (AvgIpc) is 2.70. The van der Waals surface area contributed by atoms with E-state index in [-0.39, 0.29) is 11.7 Å². The molecule has 144 valence electrons. The number of piperazine rings is 1. The van der Waals surface area contributed by atoms with Crippen LogP contribution in [0.4, 0.5) is 4.39 Å². The molecule has 0 unspecified atom stereocenters. The second-order valence-electron chi connectivity index (χ2n) is 6.85. The van der Waals surface area contributed by atoms with E-state index >= 15 is 0 Å². The summed E-state index contributed by atoms with van der Waals surface area (Å²) >= 11 is 0. The third-order valence-corrected chi connectivity index (χ3v) is 4.94. The molecule has 1 saturated heterocycles. The van der Waals surface area contributed by atoms with E-state index in [1.165, 1.54) is 12.1 Å². The number of ether oxygens (including phenoxy) is 1. The van der Waals surface area contributed by atoms with Crippen LogP contribution in [0.1, 0.15) is 18.1 Å². The smallest absolute Gasteiger partial charge is 0.227 e. The van der Waals surface area contributed by atoms with E-state index in [4.69, 9.17) is 4.74 Å². The van der Waals surface area contributed by atoms with Crippen LogP contribution in [0, 0.1) is 5.82 Å². The van der Waals surface area contributed by atoms with Gasteiger partial charge in [0.25, 0.3) is 0 Å². The fraction of sp³-hybridized carbons (Fsp3) is 0.409. The zero-order valence-corrected chi connectivity index (χ0v) is 15.9. The normalized spacial score (nSPS) is 15.0. The molecule has 1 fully saturated rings. The summed E-state index contributed by atoms with van der Waals surface area (Å²) < 4.78 is 18.4. The maximum absolute atomic E-state index is 13.0. The Morgan fingerprint density at radius 1 is 0.963 bits per heavy atom. The summed E-state index contributed by atoms with van der Waals surface area (Å²) in [5.41, 5.74) is 2.16. The fourth-order valence-electron chi connectivity index (χ4n) is 3.32. The van der Waals surface area contributed by atoms with Crippen molar-refractivity contribution in [2.45, 2.75) is 19.8 Å². The highest BCUT2D eigenvalue weighted by Crippen LogP contribution is 2.14. The number of halogens is 1. The maximum atomic E-state index is 13.0. The largest absolute Gasteiger partial charge is 0.494 e. The number of amides is 1. The van der Waals surface area contributed by atoms with Gasteiger partial charge in [-0.25, -0.2) is 4.39 Å². The Balaban J connectivity index is 1.41.